The fourth-order valence-electron chi connectivity index (χ4n) is 8.77. The zero-order chi connectivity index (χ0) is 50.0. The Morgan fingerprint density at radius 2 is 1.61 bits per heavy atom. The van der Waals surface area contributed by atoms with Gasteiger partial charge in [0.05, 0.1) is 6.54 Å². The molecule has 17 nitrogen and oxygen atoms in total. The lowest BCUT2D eigenvalue weighted by molar-refractivity contribution is -0.135. The van der Waals surface area contributed by atoms with Crippen LogP contribution in [0.1, 0.15) is 73.8 Å². The van der Waals surface area contributed by atoms with Gasteiger partial charge in [-0.25, -0.2) is 4.39 Å². The lowest BCUT2D eigenvalue weighted by Gasteiger charge is -2.32. The van der Waals surface area contributed by atoms with Crippen molar-refractivity contribution in [1.29, 1.82) is 0 Å². The third kappa shape index (κ3) is 15.8. The van der Waals surface area contributed by atoms with E-state index in [1.165, 1.54) is 19.1 Å². The molecule has 3 heterocycles. The van der Waals surface area contributed by atoms with Crippen LogP contribution in [0, 0.1) is 5.82 Å². The first-order valence-electron chi connectivity index (χ1n) is 24.1. The smallest absolute Gasteiger partial charge is 0.246 e. The van der Waals surface area contributed by atoms with Crippen LogP contribution in [-0.2, 0) is 77.2 Å². The molecule has 2 aliphatic rings. The van der Waals surface area contributed by atoms with Gasteiger partial charge in [-0.15, -0.1) is 0 Å². The number of ether oxygens (including phenoxy) is 1. The summed E-state index contributed by atoms with van der Waals surface area (Å²) in [5, 5.41) is 17.4. The number of carbonyl (C=O) groups excluding carboxylic acids is 7. The van der Waals surface area contributed by atoms with E-state index in [1.807, 2.05) is 84.3 Å². The lowest BCUT2D eigenvalue weighted by atomic mass is 10.0. The summed E-state index contributed by atoms with van der Waals surface area (Å²) in [7, 11) is 1.84. The van der Waals surface area contributed by atoms with Gasteiger partial charge in [0.25, 0.3) is 0 Å². The summed E-state index contributed by atoms with van der Waals surface area (Å²) >= 11 is 0. The Kier molecular flexibility index (Phi) is 19.6. The molecule has 1 aromatic heterocycles. The topological polar surface area (TPSA) is 212 Å². The zero-order valence-electron chi connectivity index (χ0n) is 40.3. The highest BCUT2D eigenvalue weighted by atomic mass is 19.1. The molecule has 6 rings (SSSR count). The predicted octanol–water partition coefficient (Wildman–Crippen LogP) is 2.92. The third-order valence-electron chi connectivity index (χ3n) is 12.5. The monoisotopic (exact) mass is 964 g/mol. The van der Waals surface area contributed by atoms with Crippen LogP contribution < -0.4 is 31.9 Å². The van der Waals surface area contributed by atoms with E-state index >= 15 is 4.39 Å². The maximum Gasteiger partial charge on any atom is 0.246 e. The van der Waals surface area contributed by atoms with Crippen LogP contribution in [0.25, 0.3) is 10.9 Å². The van der Waals surface area contributed by atoms with E-state index in [0.717, 1.165) is 27.8 Å². The molecule has 7 amide bonds. The second kappa shape index (κ2) is 26.2. The molecule has 0 unspecified atom stereocenters. The summed E-state index contributed by atoms with van der Waals surface area (Å²) in [5.74, 6) is -3.22. The van der Waals surface area contributed by atoms with Crippen molar-refractivity contribution in [3.05, 3.63) is 119 Å². The number of benzene rings is 3. The number of fused-ring (bicyclic) bond motifs is 10. The minimum absolute atomic E-state index is 0.0731. The number of halogens is 1. The van der Waals surface area contributed by atoms with Crippen molar-refractivity contribution in [1.82, 2.24) is 46.3 Å². The minimum Gasteiger partial charge on any atom is -0.358 e. The molecule has 4 aromatic rings. The first-order chi connectivity index (χ1) is 33.8. The molecule has 3 aromatic carbocycles. The molecule has 0 fully saturated rings. The van der Waals surface area contributed by atoms with Crippen molar-refractivity contribution in [2.75, 3.05) is 39.8 Å². The van der Waals surface area contributed by atoms with Gasteiger partial charge in [0.1, 0.15) is 30.7 Å². The first-order valence-corrected chi connectivity index (χ1v) is 24.1. The Morgan fingerprint density at radius 3 is 2.40 bits per heavy atom. The van der Waals surface area contributed by atoms with Crippen LogP contribution in [0.2, 0.25) is 0 Å². The number of rotatable bonds is 7. The fraction of sp³-hybridized carbons (Fsp3) is 0.442. The SMILES string of the molecule is CC[C@@H]1OCC(=O)NCc2cccc(c2)C[C@@H]2NC(=O)CNC(=O)[C@H](C)NC(=O)CCC(=O)N(Cc3ccc(CCNC=O)cc3)CCC/C=C/Cn3cc(c4cc(F)ccc43)C[C@@H](CN1C)NC2=O. The average molecular weight is 964 g/mol. The summed E-state index contributed by atoms with van der Waals surface area (Å²) in [5.41, 5.74) is 4.99. The van der Waals surface area contributed by atoms with Crippen molar-refractivity contribution in [3.8, 4) is 0 Å². The van der Waals surface area contributed by atoms with Crippen molar-refractivity contribution in [2.24, 2.45) is 0 Å². The standard InChI is InChI=1S/C52H66FN9O8/c1-4-50-60(3)32-42-26-40-31-61(45-17-16-41(53)27-43(40)45)22-7-5-6-8-23-62(30-37-14-12-36(13-15-37)20-21-54-34-63)49(67)19-18-46(64)57-35(2)51(68)56-29-47(65)59-44(52(69)58-42)25-38-10-9-11-39(24-38)28-55-48(66)33-70-50/h5,7,9-17,24,27,31,34-35,42,44,50H,4,6,8,18-23,25-26,28-30,32-33H2,1-3H3,(H,54,63)(H,55,66)(H,56,68)(H,57,64)(H,58,69)(H,59,65)/b7-5+/t35-,42-,44-,50-/m0/s1. The number of hydrogen-bond donors (Lipinski definition) is 6. The van der Waals surface area contributed by atoms with Crippen molar-refractivity contribution >= 4 is 52.8 Å². The van der Waals surface area contributed by atoms with Crippen LogP contribution in [0.15, 0.2) is 85.1 Å². The Bertz CT molecular complexity index is 2490. The van der Waals surface area contributed by atoms with Gasteiger partial charge in [0.15, 0.2) is 0 Å². The zero-order valence-corrected chi connectivity index (χ0v) is 40.3. The van der Waals surface area contributed by atoms with Crippen molar-refractivity contribution < 1.29 is 42.7 Å². The normalized spacial score (nSPS) is 22.0. The number of aromatic nitrogens is 1. The second-order valence-electron chi connectivity index (χ2n) is 18.0. The van der Waals surface area contributed by atoms with Crippen molar-refractivity contribution in [3.63, 3.8) is 0 Å². The molecule has 2 aliphatic heterocycles. The van der Waals surface area contributed by atoms with Crippen LogP contribution in [0.5, 0.6) is 0 Å². The van der Waals surface area contributed by atoms with E-state index in [2.05, 4.69) is 31.9 Å². The highest BCUT2D eigenvalue weighted by molar-refractivity contribution is 5.93. The Morgan fingerprint density at radius 1 is 0.829 bits per heavy atom. The van der Waals surface area contributed by atoms with E-state index in [1.54, 1.807) is 17.0 Å². The largest absolute Gasteiger partial charge is 0.358 e. The number of carbonyl (C=O) groups is 7. The van der Waals surface area contributed by atoms with E-state index in [4.69, 9.17) is 4.74 Å². The molecule has 0 saturated carbocycles. The Hall–Kier alpha value is -6.92. The molecule has 0 radical (unpaired) electrons. The highest BCUT2D eigenvalue weighted by Gasteiger charge is 2.28. The fourth-order valence-corrected chi connectivity index (χ4v) is 8.77. The molecular weight excluding hydrogens is 898 g/mol. The molecule has 0 saturated heterocycles. The number of nitrogens with zero attached hydrogens (tertiary/aromatic N) is 3. The first kappa shape index (κ1) is 52.5. The van der Waals surface area contributed by atoms with Gasteiger partial charge < -0.3 is 46.1 Å². The van der Waals surface area contributed by atoms with Gasteiger partial charge in [0, 0.05) is 81.7 Å². The number of amides is 7. The second-order valence-corrected chi connectivity index (χ2v) is 18.0. The average Bonchev–Trinajstić information content (AvgIpc) is 3.67. The molecule has 0 aliphatic carbocycles. The Balaban J connectivity index is 1.29. The van der Waals surface area contributed by atoms with Gasteiger partial charge >= 0.3 is 0 Å². The van der Waals surface area contributed by atoms with E-state index in [0.29, 0.717) is 69.2 Å². The van der Waals surface area contributed by atoms with E-state index < -0.39 is 60.3 Å². The summed E-state index contributed by atoms with van der Waals surface area (Å²) in [6.45, 7) is 4.91. The van der Waals surface area contributed by atoms with Gasteiger partial charge in [-0.3, -0.25) is 38.5 Å². The van der Waals surface area contributed by atoms with E-state index in [9.17, 15) is 33.6 Å². The summed E-state index contributed by atoms with van der Waals surface area (Å²) in [6.07, 6.45) is 8.72. The van der Waals surface area contributed by atoms with E-state index in [-0.39, 0.29) is 57.2 Å². The number of likely N-dealkylation sites (N-methyl/N-ethyl adjacent to an activating group) is 1. The van der Waals surface area contributed by atoms with Crippen LogP contribution in [-0.4, -0.2) is 120 Å². The maximum absolute atomic E-state index is 15.0. The molecule has 6 N–H and O–H groups in total. The third-order valence-corrected chi connectivity index (χ3v) is 12.5. The number of nitrogens with one attached hydrogen (secondary N) is 6. The van der Waals surface area contributed by atoms with Gasteiger partial charge in [0.2, 0.25) is 41.9 Å². The summed E-state index contributed by atoms with van der Waals surface area (Å²) in [4.78, 5) is 95.4. The van der Waals surface area contributed by atoms with Crippen LogP contribution in [0.3, 0.4) is 0 Å². The quantitative estimate of drug-likeness (QED) is 0.0913. The minimum atomic E-state index is -1.11. The summed E-state index contributed by atoms with van der Waals surface area (Å²) in [6, 6.07) is 17.0. The molecule has 4 atom stereocenters. The molecule has 6 bridgehead atoms. The Labute approximate surface area is 408 Å². The molecule has 374 valence electrons. The van der Waals surface area contributed by atoms with Gasteiger partial charge in [-0.05, 0) is 92.1 Å². The number of hydrogen-bond acceptors (Lipinski definition) is 9. The molecule has 70 heavy (non-hydrogen) atoms. The molecule has 0 spiro atoms. The van der Waals surface area contributed by atoms with Gasteiger partial charge in [-0.2, -0.15) is 0 Å². The maximum atomic E-state index is 15.0. The van der Waals surface area contributed by atoms with Crippen LogP contribution in [0.4, 0.5) is 4.39 Å². The van der Waals surface area contributed by atoms with Gasteiger partial charge in [-0.1, -0.05) is 67.6 Å². The lowest BCUT2D eigenvalue weighted by Crippen LogP contribution is -2.55. The van der Waals surface area contributed by atoms with Crippen LogP contribution >= 0.6 is 0 Å². The summed E-state index contributed by atoms with van der Waals surface area (Å²) < 4.78 is 23.1. The molecular formula is C52H66FN9O8. The molecule has 18 heteroatoms. The number of allylic oxidation sites excluding steroid dienone is 2. The predicted molar refractivity (Wildman–Crippen MR) is 262 cm³/mol. The highest BCUT2D eigenvalue weighted by Crippen LogP contribution is 2.25. The van der Waals surface area contributed by atoms with Crippen molar-refractivity contribution in [2.45, 2.75) is 109 Å².